The number of carbonyl (C=O) groups is 1. The van der Waals surface area contributed by atoms with Crippen LogP contribution in [0.15, 0.2) is 53.7 Å². The van der Waals surface area contributed by atoms with Crippen molar-refractivity contribution in [2.24, 2.45) is 0 Å². The average Bonchev–Trinajstić information content (AvgIpc) is 2.77. The number of amides is 1. The molecule has 8 nitrogen and oxygen atoms in total. The molecule has 0 saturated carbocycles. The fourth-order valence-corrected chi connectivity index (χ4v) is 5.28. The monoisotopic (exact) mass is 461 g/mol. The molecule has 0 N–H and O–H groups in total. The van der Waals surface area contributed by atoms with E-state index < -0.39 is 21.7 Å². The standard InChI is InChI=1S/C23H31N3O5S/c1-23(2,3)31-22(27)25-14-6-8-19(17-25)26(16-18-7-5-13-24-15-18)32(28,29)21-11-9-20(30-4)10-12-21/h5,7,9-13,15,19H,6,8,14,16-17H2,1-4H3. The smallest absolute Gasteiger partial charge is 0.410 e. The summed E-state index contributed by atoms with van der Waals surface area (Å²) in [6.45, 7) is 6.41. The Morgan fingerprint density at radius 2 is 1.94 bits per heavy atom. The maximum absolute atomic E-state index is 13.7. The summed E-state index contributed by atoms with van der Waals surface area (Å²) in [6, 6.07) is 9.58. The Kier molecular flexibility index (Phi) is 7.40. The maximum Gasteiger partial charge on any atom is 0.410 e. The summed E-state index contributed by atoms with van der Waals surface area (Å²) in [4.78, 5) is 18.5. The highest BCUT2D eigenvalue weighted by Crippen LogP contribution is 2.27. The minimum atomic E-state index is -3.84. The van der Waals surface area contributed by atoms with Crippen molar-refractivity contribution in [1.82, 2.24) is 14.2 Å². The number of methoxy groups -OCH3 is 1. The average molecular weight is 462 g/mol. The molecule has 1 atom stereocenters. The molecule has 1 fully saturated rings. The Morgan fingerprint density at radius 3 is 2.53 bits per heavy atom. The Morgan fingerprint density at radius 1 is 1.22 bits per heavy atom. The predicted octanol–water partition coefficient (Wildman–Crippen LogP) is 3.68. The second-order valence-electron chi connectivity index (χ2n) is 8.81. The number of rotatable bonds is 6. The van der Waals surface area contributed by atoms with Crippen LogP contribution in [-0.4, -0.2) is 60.5 Å². The van der Waals surface area contributed by atoms with E-state index in [4.69, 9.17) is 9.47 Å². The summed E-state index contributed by atoms with van der Waals surface area (Å²) in [6.07, 6.45) is 4.22. The zero-order valence-corrected chi connectivity index (χ0v) is 19.8. The Labute approximate surface area is 190 Å². The molecular weight excluding hydrogens is 430 g/mol. The summed E-state index contributed by atoms with van der Waals surface area (Å²) in [7, 11) is -2.30. The van der Waals surface area contributed by atoms with Crippen molar-refractivity contribution in [1.29, 1.82) is 0 Å². The second kappa shape index (κ2) is 9.87. The third-order valence-corrected chi connectivity index (χ3v) is 7.10. The molecule has 0 spiro atoms. The van der Waals surface area contributed by atoms with Crippen molar-refractivity contribution >= 4 is 16.1 Å². The third-order valence-electron chi connectivity index (χ3n) is 5.18. The molecule has 9 heteroatoms. The van der Waals surface area contributed by atoms with Crippen LogP contribution in [-0.2, 0) is 21.3 Å². The van der Waals surface area contributed by atoms with Crippen LogP contribution < -0.4 is 4.74 Å². The lowest BCUT2D eigenvalue weighted by Gasteiger charge is -2.39. The Hall–Kier alpha value is -2.65. The maximum atomic E-state index is 13.7. The number of carbonyl (C=O) groups excluding carboxylic acids is 1. The summed E-state index contributed by atoms with van der Waals surface area (Å²) in [5.74, 6) is 0.580. The molecule has 174 valence electrons. The lowest BCUT2D eigenvalue weighted by atomic mass is 10.1. The number of ether oxygens (including phenoxy) is 2. The Bertz CT molecular complexity index is 1000. The third kappa shape index (κ3) is 5.98. The van der Waals surface area contributed by atoms with Gasteiger partial charge in [0.25, 0.3) is 0 Å². The molecule has 2 heterocycles. The number of hydrogen-bond acceptors (Lipinski definition) is 6. The van der Waals surface area contributed by atoms with Crippen LogP contribution in [0, 0.1) is 0 Å². The molecule has 1 unspecified atom stereocenters. The first-order valence-corrected chi connectivity index (χ1v) is 12.1. The highest BCUT2D eigenvalue weighted by molar-refractivity contribution is 7.89. The van der Waals surface area contributed by atoms with E-state index in [1.807, 2.05) is 26.8 Å². The number of pyridine rings is 1. The van der Waals surface area contributed by atoms with Gasteiger partial charge in [-0.05, 0) is 69.5 Å². The molecule has 2 aromatic rings. The van der Waals surface area contributed by atoms with Crippen molar-refractivity contribution in [2.45, 2.75) is 56.7 Å². The molecule has 0 aliphatic carbocycles. The lowest BCUT2D eigenvalue weighted by Crippen LogP contribution is -2.52. The molecule has 0 radical (unpaired) electrons. The van der Waals surface area contributed by atoms with Gasteiger partial charge in [0.15, 0.2) is 0 Å². The number of benzene rings is 1. The van der Waals surface area contributed by atoms with E-state index in [1.165, 1.54) is 11.4 Å². The van der Waals surface area contributed by atoms with Crippen molar-refractivity contribution in [3.63, 3.8) is 0 Å². The summed E-state index contributed by atoms with van der Waals surface area (Å²) < 4.78 is 39.5. The van der Waals surface area contributed by atoms with E-state index in [0.29, 0.717) is 25.1 Å². The number of hydrogen-bond donors (Lipinski definition) is 0. The van der Waals surface area contributed by atoms with Gasteiger partial charge >= 0.3 is 6.09 Å². The highest BCUT2D eigenvalue weighted by Gasteiger charge is 2.36. The largest absolute Gasteiger partial charge is 0.497 e. The van der Waals surface area contributed by atoms with Gasteiger partial charge in [-0.1, -0.05) is 6.07 Å². The second-order valence-corrected chi connectivity index (χ2v) is 10.7. The van der Waals surface area contributed by atoms with Gasteiger partial charge in [-0.2, -0.15) is 4.31 Å². The van der Waals surface area contributed by atoms with Crippen LogP contribution in [0.2, 0.25) is 0 Å². The van der Waals surface area contributed by atoms with E-state index in [1.54, 1.807) is 47.6 Å². The van der Waals surface area contributed by atoms with Crippen LogP contribution >= 0.6 is 0 Å². The van der Waals surface area contributed by atoms with Gasteiger partial charge in [0, 0.05) is 38.1 Å². The zero-order valence-electron chi connectivity index (χ0n) is 19.0. The normalized spacial score (nSPS) is 17.3. The molecule has 3 rings (SSSR count). The fourth-order valence-electron chi connectivity index (χ4n) is 3.65. The first kappa shape index (κ1) is 24.0. The van der Waals surface area contributed by atoms with Crippen molar-refractivity contribution in [3.05, 3.63) is 54.4 Å². The minimum Gasteiger partial charge on any atom is -0.497 e. The van der Waals surface area contributed by atoms with E-state index in [0.717, 1.165) is 5.56 Å². The lowest BCUT2D eigenvalue weighted by molar-refractivity contribution is 0.0152. The SMILES string of the molecule is COc1ccc(S(=O)(=O)N(Cc2cccnc2)C2CCCN(C(=O)OC(C)(C)C)C2)cc1. The van der Waals surface area contributed by atoms with Gasteiger partial charge in [0.05, 0.1) is 12.0 Å². The van der Waals surface area contributed by atoms with Gasteiger partial charge in [-0.25, -0.2) is 13.2 Å². The molecule has 1 amide bonds. The van der Waals surface area contributed by atoms with Crippen LogP contribution in [0.4, 0.5) is 4.79 Å². The van der Waals surface area contributed by atoms with E-state index >= 15 is 0 Å². The Balaban J connectivity index is 1.90. The summed E-state index contributed by atoms with van der Waals surface area (Å²) in [5, 5.41) is 0. The van der Waals surface area contributed by atoms with E-state index in [2.05, 4.69) is 4.98 Å². The molecule has 1 aliphatic heterocycles. The first-order chi connectivity index (χ1) is 15.1. The van der Waals surface area contributed by atoms with Crippen LogP contribution in [0.5, 0.6) is 5.75 Å². The van der Waals surface area contributed by atoms with Gasteiger partial charge in [0.2, 0.25) is 10.0 Å². The van der Waals surface area contributed by atoms with Crippen molar-refractivity contribution in [3.8, 4) is 5.75 Å². The fraction of sp³-hybridized carbons (Fsp3) is 0.478. The minimum absolute atomic E-state index is 0.162. The van der Waals surface area contributed by atoms with Gasteiger partial charge < -0.3 is 14.4 Å². The van der Waals surface area contributed by atoms with Crippen molar-refractivity contribution in [2.75, 3.05) is 20.2 Å². The molecule has 1 aliphatic rings. The van der Waals surface area contributed by atoms with Crippen LogP contribution in [0.1, 0.15) is 39.2 Å². The summed E-state index contributed by atoms with van der Waals surface area (Å²) in [5.41, 5.74) is 0.160. The number of likely N-dealkylation sites (tertiary alicyclic amines) is 1. The summed E-state index contributed by atoms with van der Waals surface area (Å²) >= 11 is 0. The van der Waals surface area contributed by atoms with Gasteiger partial charge in [-0.3, -0.25) is 4.98 Å². The molecule has 1 aromatic heterocycles. The molecular formula is C23H31N3O5S. The number of nitrogens with zero attached hydrogens (tertiary/aromatic N) is 3. The van der Waals surface area contributed by atoms with Crippen molar-refractivity contribution < 1.29 is 22.7 Å². The zero-order chi connectivity index (χ0) is 23.4. The molecule has 1 aromatic carbocycles. The number of sulfonamides is 1. The van der Waals surface area contributed by atoms with E-state index in [9.17, 15) is 13.2 Å². The predicted molar refractivity (Wildman–Crippen MR) is 121 cm³/mol. The first-order valence-electron chi connectivity index (χ1n) is 10.6. The molecule has 1 saturated heterocycles. The number of aromatic nitrogens is 1. The van der Waals surface area contributed by atoms with E-state index in [-0.39, 0.29) is 24.0 Å². The molecule has 0 bridgehead atoms. The molecule has 32 heavy (non-hydrogen) atoms. The quantitative estimate of drug-likeness (QED) is 0.652. The number of piperidine rings is 1. The van der Waals surface area contributed by atoms with Gasteiger partial charge in [0.1, 0.15) is 11.4 Å². The van der Waals surface area contributed by atoms with Gasteiger partial charge in [-0.15, -0.1) is 0 Å². The van der Waals surface area contributed by atoms with Crippen LogP contribution in [0.3, 0.4) is 0 Å². The highest BCUT2D eigenvalue weighted by atomic mass is 32.2. The van der Waals surface area contributed by atoms with Crippen LogP contribution in [0.25, 0.3) is 0 Å². The topological polar surface area (TPSA) is 89.0 Å².